The van der Waals surface area contributed by atoms with Crippen molar-refractivity contribution >= 4 is 0 Å². The van der Waals surface area contributed by atoms with Gasteiger partial charge in [0.05, 0.1) is 6.61 Å². The molecule has 1 saturated heterocycles. The van der Waals surface area contributed by atoms with E-state index in [-0.39, 0.29) is 0 Å². The monoisotopic (exact) mass is 186 g/mol. The Labute approximate surface area is 81.2 Å². The third-order valence-corrected chi connectivity index (χ3v) is 2.83. The van der Waals surface area contributed by atoms with Crippen molar-refractivity contribution in [1.29, 1.82) is 0 Å². The fraction of sp³-hybridized carbons (Fsp3) is 1.00. The predicted molar refractivity (Wildman–Crippen MR) is 54.6 cm³/mol. The van der Waals surface area contributed by atoms with E-state index in [0.717, 1.165) is 32.2 Å². The average molecular weight is 186 g/mol. The first kappa shape index (κ1) is 11.0. The summed E-state index contributed by atoms with van der Waals surface area (Å²) in [5, 5.41) is 0. The zero-order chi connectivity index (χ0) is 9.68. The van der Waals surface area contributed by atoms with Crippen LogP contribution < -0.4 is 5.73 Å². The molecule has 1 aliphatic heterocycles. The standard InChI is InChI=1S/C10H22N2O/c1-3-13-8-10-7-12(5-4-11)6-9(10)2/h9-10H,3-8,11H2,1-2H3/t9-,10-/m1/s1. The highest BCUT2D eigenvalue weighted by Gasteiger charge is 2.28. The summed E-state index contributed by atoms with van der Waals surface area (Å²) in [7, 11) is 0. The van der Waals surface area contributed by atoms with Crippen LogP contribution in [0.5, 0.6) is 0 Å². The molecule has 3 nitrogen and oxygen atoms in total. The van der Waals surface area contributed by atoms with Crippen molar-refractivity contribution in [2.75, 3.05) is 39.4 Å². The lowest BCUT2D eigenvalue weighted by atomic mass is 9.99. The van der Waals surface area contributed by atoms with Gasteiger partial charge in [-0.15, -0.1) is 0 Å². The molecule has 1 rings (SSSR count). The minimum atomic E-state index is 0.714. The van der Waals surface area contributed by atoms with Gasteiger partial charge in [-0.2, -0.15) is 0 Å². The molecule has 1 fully saturated rings. The molecular formula is C10H22N2O. The smallest absolute Gasteiger partial charge is 0.0509 e. The summed E-state index contributed by atoms with van der Waals surface area (Å²) < 4.78 is 5.46. The summed E-state index contributed by atoms with van der Waals surface area (Å²) in [5.41, 5.74) is 5.53. The Kier molecular flexibility index (Phi) is 4.70. The summed E-state index contributed by atoms with van der Waals surface area (Å²) in [4.78, 5) is 2.44. The molecule has 0 aliphatic carbocycles. The number of nitrogens with zero attached hydrogens (tertiary/aromatic N) is 1. The second-order valence-electron chi connectivity index (χ2n) is 3.95. The van der Waals surface area contributed by atoms with E-state index in [1.807, 2.05) is 0 Å². The molecule has 0 spiro atoms. The van der Waals surface area contributed by atoms with E-state index in [1.54, 1.807) is 0 Å². The summed E-state index contributed by atoms with van der Waals surface area (Å²) in [6.07, 6.45) is 0. The van der Waals surface area contributed by atoms with Crippen LogP contribution in [-0.2, 0) is 4.74 Å². The molecule has 3 heteroatoms. The molecule has 2 atom stereocenters. The number of hydrogen-bond donors (Lipinski definition) is 1. The van der Waals surface area contributed by atoms with Crippen LogP contribution in [0.15, 0.2) is 0 Å². The fourth-order valence-electron chi connectivity index (χ4n) is 1.99. The van der Waals surface area contributed by atoms with Crippen LogP contribution in [0.25, 0.3) is 0 Å². The normalized spacial score (nSPS) is 29.8. The maximum atomic E-state index is 5.53. The van der Waals surface area contributed by atoms with E-state index in [4.69, 9.17) is 10.5 Å². The third kappa shape index (κ3) is 3.25. The Bertz CT molecular complexity index is 141. The quantitative estimate of drug-likeness (QED) is 0.681. The Balaban J connectivity index is 2.24. The lowest BCUT2D eigenvalue weighted by Gasteiger charge is -2.14. The molecule has 0 aromatic rings. The van der Waals surface area contributed by atoms with Crippen molar-refractivity contribution in [3.05, 3.63) is 0 Å². The highest BCUT2D eigenvalue weighted by Crippen LogP contribution is 2.22. The molecule has 0 saturated carbocycles. The lowest BCUT2D eigenvalue weighted by molar-refractivity contribution is 0.102. The molecule has 1 heterocycles. The van der Waals surface area contributed by atoms with E-state index in [1.165, 1.54) is 13.1 Å². The molecule has 0 unspecified atom stereocenters. The first-order chi connectivity index (χ1) is 6.27. The van der Waals surface area contributed by atoms with Crippen LogP contribution >= 0.6 is 0 Å². The topological polar surface area (TPSA) is 38.5 Å². The minimum Gasteiger partial charge on any atom is -0.381 e. The van der Waals surface area contributed by atoms with Crippen LogP contribution in [0.2, 0.25) is 0 Å². The fourth-order valence-corrected chi connectivity index (χ4v) is 1.99. The van der Waals surface area contributed by atoms with Gasteiger partial charge in [-0.1, -0.05) is 6.92 Å². The average Bonchev–Trinajstić information content (AvgIpc) is 2.44. The first-order valence-corrected chi connectivity index (χ1v) is 5.28. The van der Waals surface area contributed by atoms with E-state index >= 15 is 0 Å². The second kappa shape index (κ2) is 5.58. The SMILES string of the molecule is CCOC[C@H]1CN(CCN)C[C@H]1C. The number of hydrogen-bond acceptors (Lipinski definition) is 3. The Morgan fingerprint density at radius 2 is 2.23 bits per heavy atom. The molecule has 0 radical (unpaired) electrons. The van der Waals surface area contributed by atoms with Crippen molar-refractivity contribution in [3.63, 3.8) is 0 Å². The van der Waals surface area contributed by atoms with Gasteiger partial charge in [-0.05, 0) is 18.8 Å². The van der Waals surface area contributed by atoms with Crippen LogP contribution in [0.1, 0.15) is 13.8 Å². The number of ether oxygens (including phenoxy) is 1. The van der Waals surface area contributed by atoms with E-state index < -0.39 is 0 Å². The van der Waals surface area contributed by atoms with Crippen molar-refractivity contribution in [2.45, 2.75) is 13.8 Å². The summed E-state index contributed by atoms with van der Waals surface area (Å²) in [6, 6.07) is 0. The molecule has 78 valence electrons. The highest BCUT2D eigenvalue weighted by atomic mass is 16.5. The Hall–Kier alpha value is -0.120. The Morgan fingerprint density at radius 1 is 1.46 bits per heavy atom. The van der Waals surface area contributed by atoms with Gasteiger partial charge in [0.1, 0.15) is 0 Å². The molecular weight excluding hydrogens is 164 g/mol. The van der Waals surface area contributed by atoms with Gasteiger partial charge in [-0.3, -0.25) is 0 Å². The van der Waals surface area contributed by atoms with E-state index in [2.05, 4.69) is 18.7 Å². The molecule has 0 aromatic carbocycles. The molecule has 2 N–H and O–H groups in total. The van der Waals surface area contributed by atoms with Gasteiger partial charge in [0.15, 0.2) is 0 Å². The van der Waals surface area contributed by atoms with Gasteiger partial charge in [-0.25, -0.2) is 0 Å². The lowest BCUT2D eigenvalue weighted by Crippen LogP contribution is -2.27. The second-order valence-corrected chi connectivity index (χ2v) is 3.95. The molecule has 0 aromatic heterocycles. The van der Waals surface area contributed by atoms with Gasteiger partial charge in [0.25, 0.3) is 0 Å². The van der Waals surface area contributed by atoms with Crippen LogP contribution in [0.3, 0.4) is 0 Å². The van der Waals surface area contributed by atoms with Crippen LogP contribution in [0.4, 0.5) is 0 Å². The molecule has 1 aliphatic rings. The Morgan fingerprint density at radius 3 is 2.85 bits per heavy atom. The number of rotatable bonds is 5. The van der Waals surface area contributed by atoms with Crippen LogP contribution in [-0.4, -0.2) is 44.3 Å². The first-order valence-electron chi connectivity index (χ1n) is 5.28. The molecule has 13 heavy (non-hydrogen) atoms. The van der Waals surface area contributed by atoms with Crippen LogP contribution in [0, 0.1) is 11.8 Å². The predicted octanol–water partition coefficient (Wildman–Crippen LogP) is 0.550. The van der Waals surface area contributed by atoms with Crippen molar-refractivity contribution in [2.24, 2.45) is 17.6 Å². The summed E-state index contributed by atoms with van der Waals surface area (Å²) in [6.45, 7) is 10.3. The van der Waals surface area contributed by atoms with Gasteiger partial charge >= 0.3 is 0 Å². The van der Waals surface area contributed by atoms with Gasteiger partial charge in [0.2, 0.25) is 0 Å². The largest absolute Gasteiger partial charge is 0.381 e. The van der Waals surface area contributed by atoms with Crippen molar-refractivity contribution in [1.82, 2.24) is 4.90 Å². The van der Waals surface area contributed by atoms with E-state index in [0.29, 0.717) is 5.92 Å². The van der Waals surface area contributed by atoms with E-state index in [9.17, 15) is 0 Å². The third-order valence-electron chi connectivity index (χ3n) is 2.83. The zero-order valence-corrected chi connectivity index (χ0v) is 8.83. The van der Waals surface area contributed by atoms with Crippen molar-refractivity contribution in [3.8, 4) is 0 Å². The number of likely N-dealkylation sites (tertiary alicyclic amines) is 1. The number of nitrogens with two attached hydrogens (primary N) is 1. The van der Waals surface area contributed by atoms with Crippen molar-refractivity contribution < 1.29 is 4.74 Å². The highest BCUT2D eigenvalue weighted by molar-refractivity contribution is 4.81. The summed E-state index contributed by atoms with van der Waals surface area (Å²) >= 11 is 0. The zero-order valence-electron chi connectivity index (χ0n) is 8.83. The molecule has 0 bridgehead atoms. The minimum absolute atomic E-state index is 0.714. The van der Waals surface area contributed by atoms with Gasteiger partial charge in [0, 0.05) is 32.8 Å². The summed E-state index contributed by atoms with van der Waals surface area (Å²) in [5.74, 6) is 1.48. The molecule has 0 amide bonds. The maximum absolute atomic E-state index is 5.53. The maximum Gasteiger partial charge on any atom is 0.0509 e. The van der Waals surface area contributed by atoms with Gasteiger partial charge < -0.3 is 15.4 Å².